The summed E-state index contributed by atoms with van der Waals surface area (Å²) in [7, 11) is 1.76. The summed E-state index contributed by atoms with van der Waals surface area (Å²) in [5, 5.41) is 5.04. The van der Waals surface area contributed by atoms with Crippen molar-refractivity contribution in [3.8, 4) is 0 Å². The Balaban J connectivity index is 2.42. The predicted molar refractivity (Wildman–Crippen MR) is 66.3 cm³/mol. The van der Waals surface area contributed by atoms with Gasteiger partial charge in [0.15, 0.2) is 0 Å². The van der Waals surface area contributed by atoms with Crippen LogP contribution in [0, 0.1) is 18.6 Å². The fourth-order valence-corrected chi connectivity index (χ4v) is 2.58. The van der Waals surface area contributed by atoms with Crippen molar-refractivity contribution in [2.24, 2.45) is 0 Å². The molecule has 90 valence electrons. The zero-order chi connectivity index (χ0) is 12.4. The van der Waals surface area contributed by atoms with E-state index in [-0.39, 0.29) is 6.04 Å². The zero-order valence-corrected chi connectivity index (χ0v) is 10.4. The van der Waals surface area contributed by atoms with Crippen molar-refractivity contribution < 1.29 is 8.78 Å². The number of aryl methyl sites for hydroxylation is 1. The second kappa shape index (κ2) is 4.94. The fraction of sp³-hybridized carbons (Fsp3) is 0.231. The number of benzene rings is 1. The summed E-state index contributed by atoms with van der Waals surface area (Å²) < 4.78 is 26.6. The van der Waals surface area contributed by atoms with E-state index >= 15 is 0 Å². The van der Waals surface area contributed by atoms with Gasteiger partial charge in [0.1, 0.15) is 11.6 Å². The maximum absolute atomic E-state index is 13.7. The van der Waals surface area contributed by atoms with Gasteiger partial charge in [-0.15, -0.1) is 11.3 Å². The van der Waals surface area contributed by atoms with E-state index < -0.39 is 11.6 Å². The van der Waals surface area contributed by atoms with Crippen molar-refractivity contribution in [3.63, 3.8) is 0 Å². The topological polar surface area (TPSA) is 12.0 Å². The average molecular weight is 253 g/mol. The Morgan fingerprint density at radius 3 is 2.53 bits per heavy atom. The molecule has 1 aromatic heterocycles. The minimum atomic E-state index is -0.553. The summed E-state index contributed by atoms with van der Waals surface area (Å²) in [6, 6.07) is 5.45. The normalized spacial score (nSPS) is 12.7. The Bertz CT molecular complexity index is 522. The third-order valence-corrected chi connectivity index (χ3v) is 3.53. The molecule has 1 unspecified atom stereocenters. The highest BCUT2D eigenvalue weighted by atomic mass is 32.1. The summed E-state index contributed by atoms with van der Waals surface area (Å²) in [5.41, 5.74) is 1.47. The van der Waals surface area contributed by atoms with Gasteiger partial charge in [0, 0.05) is 16.5 Å². The van der Waals surface area contributed by atoms with Gasteiger partial charge in [0.25, 0.3) is 0 Å². The van der Waals surface area contributed by atoms with E-state index in [9.17, 15) is 8.78 Å². The van der Waals surface area contributed by atoms with E-state index in [1.807, 2.05) is 18.4 Å². The van der Waals surface area contributed by atoms with Crippen molar-refractivity contribution in [1.29, 1.82) is 0 Å². The molecule has 0 radical (unpaired) electrons. The molecule has 0 aliphatic carbocycles. The van der Waals surface area contributed by atoms with Crippen molar-refractivity contribution in [2.45, 2.75) is 13.0 Å². The molecule has 0 bridgehead atoms. The first-order valence-electron chi connectivity index (χ1n) is 5.29. The molecule has 1 aromatic carbocycles. The second-order valence-electron chi connectivity index (χ2n) is 3.88. The summed E-state index contributed by atoms with van der Waals surface area (Å²) in [4.78, 5) is 1.17. The summed E-state index contributed by atoms with van der Waals surface area (Å²) in [5.74, 6) is -1.07. The third kappa shape index (κ3) is 2.53. The van der Waals surface area contributed by atoms with Crippen LogP contribution in [0.4, 0.5) is 8.78 Å². The van der Waals surface area contributed by atoms with Crippen LogP contribution < -0.4 is 5.32 Å². The molecule has 2 rings (SSSR count). The molecule has 0 saturated heterocycles. The van der Waals surface area contributed by atoms with Gasteiger partial charge < -0.3 is 5.32 Å². The van der Waals surface area contributed by atoms with Crippen LogP contribution in [0.1, 0.15) is 22.0 Å². The molecule has 0 amide bonds. The predicted octanol–water partition coefficient (Wildman–Crippen LogP) is 3.64. The largest absolute Gasteiger partial charge is 0.309 e. The van der Waals surface area contributed by atoms with Crippen LogP contribution >= 0.6 is 11.3 Å². The third-order valence-electron chi connectivity index (χ3n) is 2.65. The quantitative estimate of drug-likeness (QED) is 0.880. The SMILES string of the molecule is CNC(c1csc(C)c1)c1ccc(F)cc1F. The van der Waals surface area contributed by atoms with Gasteiger partial charge in [-0.1, -0.05) is 6.07 Å². The van der Waals surface area contributed by atoms with Crippen molar-refractivity contribution in [2.75, 3.05) is 7.05 Å². The monoisotopic (exact) mass is 253 g/mol. The molecule has 2 aromatic rings. The van der Waals surface area contributed by atoms with E-state index in [4.69, 9.17) is 0 Å². The lowest BCUT2D eigenvalue weighted by molar-refractivity contribution is 0.552. The molecular weight excluding hydrogens is 240 g/mol. The van der Waals surface area contributed by atoms with Crippen LogP contribution in [0.15, 0.2) is 29.6 Å². The molecule has 4 heteroatoms. The number of hydrogen-bond donors (Lipinski definition) is 1. The minimum Gasteiger partial charge on any atom is -0.309 e. The first-order valence-corrected chi connectivity index (χ1v) is 6.17. The molecule has 0 spiro atoms. The lowest BCUT2D eigenvalue weighted by Gasteiger charge is -2.16. The first kappa shape index (κ1) is 12.2. The van der Waals surface area contributed by atoms with Gasteiger partial charge in [-0.2, -0.15) is 0 Å². The molecule has 1 heterocycles. The summed E-state index contributed by atoms with van der Waals surface area (Å²) in [6.45, 7) is 2.00. The van der Waals surface area contributed by atoms with E-state index in [1.54, 1.807) is 18.4 Å². The molecular formula is C13H13F2NS. The molecule has 0 aliphatic heterocycles. The van der Waals surface area contributed by atoms with E-state index in [0.717, 1.165) is 11.6 Å². The Labute approximate surface area is 103 Å². The van der Waals surface area contributed by atoms with Gasteiger partial charge in [0.2, 0.25) is 0 Å². The van der Waals surface area contributed by atoms with Crippen molar-refractivity contribution in [3.05, 3.63) is 57.3 Å². The molecule has 0 saturated carbocycles. The van der Waals surface area contributed by atoms with E-state index in [0.29, 0.717) is 5.56 Å². The van der Waals surface area contributed by atoms with Gasteiger partial charge in [0.05, 0.1) is 6.04 Å². The highest BCUT2D eigenvalue weighted by Crippen LogP contribution is 2.27. The second-order valence-corrected chi connectivity index (χ2v) is 4.99. The Morgan fingerprint density at radius 2 is 2.00 bits per heavy atom. The molecule has 0 aliphatic rings. The lowest BCUT2D eigenvalue weighted by atomic mass is 10.0. The smallest absolute Gasteiger partial charge is 0.131 e. The maximum Gasteiger partial charge on any atom is 0.131 e. The average Bonchev–Trinajstić information content (AvgIpc) is 2.69. The first-order chi connectivity index (χ1) is 8.11. The number of rotatable bonds is 3. The van der Waals surface area contributed by atoms with Crippen LogP contribution in [-0.2, 0) is 0 Å². The van der Waals surface area contributed by atoms with Gasteiger partial charge in [-0.05, 0) is 37.0 Å². The maximum atomic E-state index is 13.7. The number of halogens is 2. The van der Waals surface area contributed by atoms with Gasteiger partial charge in [-0.25, -0.2) is 8.78 Å². The molecule has 17 heavy (non-hydrogen) atoms. The van der Waals surface area contributed by atoms with E-state index in [2.05, 4.69) is 5.32 Å². The van der Waals surface area contributed by atoms with Crippen molar-refractivity contribution in [1.82, 2.24) is 5.32 Å². The number of hydrogen-bond acceptors (Lipinski definition) is 2. The summed E-state index contributed by atoms with van der Waals surface area (Å²) in [6.07, 6.45) is 0. The standard InChI is InChI=1S/C13H13F2NS/c1-8-5-9(7-17-8)13(16-2)11-4-3-10(14)6-12(11)15/h3-7,13,16H,1-2H3. The van der Waals surface area contributed by atoms with Crippen LogP contribution in [0.25, 0.3) is 0 Å². The fourth-order valence-electron chi connectivity index (χ4n) is 1.85. The number of thiophene rings is 1. The molecule has 1 N–H and O–H groups in total. The Hall–Kier alpha value is -1.26. The molecule has 1 nitrogen and oxygen atoms in total. The highest BCUT2D eigenvalue weighted by molar-refractivity contribution is 7.10. The molecule has 1 atom stereocenters. The van der Waals surface area contributed by atoms with Crippen molar-refractivity contribution >= 4 is 11.3 Å². The van der Waals surface area contributed by atoms with Crippen LogP contribution in [0.3, 0.4) is 0 Å². The van der Waals surface area contributed by atoms with Crippen LogP contribution in [0.2, 0.25) is 0 Å². The van der Waals surface area contributed by atoms with Gasteiger partial charge in [-0.3, -0.25) is 0 Å². The van der Waals surface area contributed by atoms with E-state index in [1.165, 1.54) is 17.0 Å². The molecule has 0 fully saturated rings. The Morgan fingerprint density at radius 1 is 1.24 bits per heavy atom. The Kier molecular flexibility index (Phi) is 3.54. The number of nitrogens with one attached hydrogen (secondary N) is 1. The lowest BCUT2D eigenvalue weighted by Crippen LogP contribution is -2.18. The summed E-state index contributed by atoms with van der Waals surface area (Å²) >= 11 is 1.62. The van der Waals surface area contributed by atoms with Gasteiger partial charge >= 0.3 is 0 Å². The highest BCUT2D eigenvalue weighted by Gasteiger charge is 2.17. The van der Waals surface area contributed by atoms with Crippen LogP contribution in [0.5, 0.6) is 0 Å². The minimum absolute atomic E-state index is 0.236. The zero-order valence-electron chi connectivity index (χ0n) is 9.63. The van der Waals surface area contributed by atoms with Crippen LogP contribution in [-0.4, -0.2) is 7.05 Å².